The van der Waals surface area contributed by atoms with Gasteiger partial charge >= 0.3 is 5.97 Å². The average molecular weight is 274 g/mol. The summed E-state index contributed by atoms with van der Waals surface area (Å²) in [6, 6.07) is 8.57. The van der Waals surface area contributed by atoms with Crippen LogP contribution in [0.25, 0.3) is 11.3 Å². The number of carbonyl (C=O) groups is 1. The normalized spacial score (nSPS) is 16.6. The van der Waals surface area contributed by atoms with Crippen molar-refractivity contribution < 1.29 is 14.3 Å². The zero-order valence-corrected chi connectivity index (χ0v) is 10.9. The van der Waals surface area contributed by atoms with Gasteiger partial charge in [-0.15, -0.1) is 11.8 Å². The van der Waals surface area contributed by atoms with Crippen LogP contribution in [0.2, 0.25) is 0 Å². The molecule has 19 heavy (non-hydrogen) atoms. The third kappa shape index (κ3) is 1.86. The molecular formula is C14H10O4S. The van der Waals surface area contributed by atoms with Crippen molar-refractivity contribution in [3.05, 3.63) is 51.9 Å². The van der Waals surface area contributed by atoms with Crippen LogP contribution < -0.4 is 5.43 Å². The molecule has 1 aliphatic heterocycles. The van der Waals surface area contributed by atoms with Crippen LogP contribution in [0.4, 0.5) is 0 Å². The molecule has 2 heterocycles. The fraction of sp³-hybridized carbons (Fsp3) is 0.143. The second-order valence-corrected chi connectivity index (χ2v) is 5.66. The van der Waals surface area contributed by atoms with Gasteiger partial charge in [-0.1, -0.05) is 18.2 Å². The average Bonchev–Trinajstić information content (AvgIpc) is 2.38. The summed E-state index contributed by atoms with van der Waals surface area (Å²) < 4.78 is 5.43. The zero-order valence-electron chi connectivity index (χ0n) is 10.0. The molecule has 1 aromatic heterocycles. The Bertz CT molecular complexity index is 732. The van der Waals surface area contributed by atoms with Crippen molar-refractivity contribution in [2.45, 2.75) is 17.1 Å². The van der Waals surface area contributed by atoms with E-state index in [1.807, 2.05) is 31.2 Å². The molecule has 0 saturated carbocycles. The monoisotopic (exact) mass is 274 g/mol. The Morgan fingerprint density at radius 1 is 1.37 bits per heavy atom. The molecular weight excluding hydrogens is 264 g/mol. The number of aromatic carboxylic acids is 1. The summed E-state index contributed by atoms with van der Waals surface area (Å²) in [4.78, 5) is 24.1. The van der Waals surface area contributed by atoms with E-state index in [0.29, 0.717) is 11.3 Å². The van der Waals surface area contributed by atoms with E-state index >= 15 is 0 Å². The lowest BCUT2D eigenvalue weighted by molar-refractivity contribution is 0.0660. The third-order valence-corrected chi connectivity index (χ3v) is 4.24. The first-order chi connectivity index (χ1) is 9.08. The van der Waals surface area contributed by atoms with E-state index in [0.717, 1.165) is 16.5 Å². The smallest absolute Gasteiger partial charge is 0.371 e. The molecule has 0 aliphatic carbocycles. The van der Waals surface area contributed by atoms with Gasteiger partial charge < -0.3 is 9.52 Å². The lowest BCUT2D eigenvalue weighted by atomic mass is 10.0. The lowest BCUT2D eigenvalue weighted by Crippen LogP contribution is -2.16. The Balaban J connectivity index is 2.36. The first kappa shape index (κ1) is 12.0. The first-order valence-corrected chi connectivity index (χ1v) is 6.63. The van der Waals surface area contributed by atoms with Crippen molar-refractivity contribution in [1.82, 2.24) is 0 Å². The fourth-order valence-electron chi connectivity index (χ4n) is 2.20. The second-order valence-electron chi connectivity index (χ2n) is 4.28. The van der Waals surface area contributed by atoms with Gasteiger partial charge in [-0.2, -0.15) is 0 Å². The maximum Gasteiger partial charge on any atom is 0.371 e. The molecule has 1 N–H and O–H groups in total. The Morgan fingerprint density at radius 2 is 2.11 bits per heavy atom. The molecule has 96 valence electrons. The summed E-state index contributed by atoms with van der Waals surface area (Å²) in [5.74, 6) is -1.17. The van der Waals surface area contributed by atoms with Gasteiger partial charge in [0, 0.05) is 21.8 Å². The maximum absolute atomic E-state index is 12.1. The summed E-state index contributed by atoms with van der Waals surface area (Å²) in [6.07, 6.45) is 0. The molecule has 1 aromatic carbocycles. The van der Waals surface area contributed by atoms with E-state index in [4.69, 9.17) is 9.52 Å². The quantitative estimate of drug-likeness (QED) is 0.865. The van der Waals surface area contributed by atoms with Gasteiger partial charge in [0.1, 0.15) is 5.76 Å². The summed E-state index contributed by atoms with van der Waals surface area (Å²) in [7, 11) is 0. The van der Waals surface area contributed by atoms with Gasteiger partial charge in [-0.25, -0.2) is 4.79 Å². The molecule has 3 rings (SSSR count). The van der Waals surface area contributed by atoms with E-state index in [2.05, 4.69) is 0 Å². The van der Waals surface area contributed by atoms with E-state index in [-0.39, 0.29) is 16.4 Å². The van der Waals surface area contributed by atoms with Crippen LogP contribution in [0, 0.1) is 0 Å². The molecule has 2 aromatic rings. The molecule has 0 saturated heterocycles. The highest BCUT2D eigenvalue weighted by atomic mass is 32.2. The van der Waals surface area contributed by atoms with Gasteiger partial charge in [0.15, 0.2) is 5.43 Å². The molecule has 0 fully saturated rings. The fourth-order valence-corrected chi connectivity index (χ4v) is 3.37. The Hall–Kier alpha value is -2.01. The maximum atomic E-state index is 12.1. The molecule has 0 radical (unpaired) electrons. The number of thioether (sulfide) groups is 1. The van der Waals surface area contributed by atoms with Crippen LogP contribution in [0.15, 0.2) is 44.4 Å². The second kappa shape index (κ2) is 4.28. The summed E-state index contributed by atoms with van der Waals surface area (Å²) in [5, 5.41) is 8.94. The number of benzene rings is 1. The first-order valence-electron chi connectivity index (χ1n) is 5.75. The zero-order chi connectivity index (χ0) is 13.6. The van der Waals surface area contributed by atoms with E-state index < -0.39 is 5.97 Å². The van der Waals surface area contributed by atoms with Gasteiger partial charge in [0.05, 0.1) is 5.56 Å². The number of carboxylic acids is 1. The van der Waals surface area contributed by atoms with E-state index in [1.54, 1.807) is 11.8 Å². The predicted octanol–water partition coefficient (Wildman–Crippen LogP) is 3.17. The largest absolute Gasteiger partial charge is 0.475 e. The SMILES string of the molecule is C[C@H]1Sc2ccccc2-c2oc(C(=O)O)cc(=O)c21. The van der Waals surface area contributed by atoms with Crippen molar-refractivity contribution >= 4 is 17.7 Å². The summed E-state index contributed by atoms with van der Waals surface area (Å²) in [6.45, 7) is 1.91. The van der Waals surface area contributed by atoms with E-state index in [1.165, 1.54) is 0 Å². The molecule has 0 unspecified atom stereocenters. The minimum atomic E-state index is -1.23. The number of hydrogen-bond acceptors (Lipinski definition) is 4. The van der Waals surface area contributed by atoms with Crippen molar-refractivity contribution in [3.63, 3.8) is 0 Å². The highest BCUT2D eigenvalue weighted by Gasteiger charge is 2.28. The van der Waals surface area contributed by atoms with Crippen molar-refractivity contribution in [2.75, 3.05) is 0 Å². The topological polar surface area (TPSA) is 67.5 Å². The highest BCUT2D eigenvalue weighted by Crippen LogP contribution is 2.47. The van der Waals surface area contributed by atoms with Crippen LogP contribution in [0.3, 0.4) is 0 Å². The lowest BCUT2D eigenvalue weighted by Gasteiger charge is -2.22. The number of fused-ring (bicyclic) bond motifs is 3. The van der Waals surface area contributed by atoms with Crippen molar-refractivity contribution in [3.8, 4) is 11.3 Å². The minimum Gasteiger partial charge on any atom is -0.475 e. The third-order valence-electron chi connectivity index (χ3n) is 3.04. The van der Waals surface area contributed by atoms with Crippen LogP contribution in [0.5, 0.6) is 0 Å². The number of carboxylic acid groups (broad SMARTS) is 1. The summed E-state index contributed by atoms with van der Waals surface area (Å²) in [5.41, 5.74) is 1.03. The van der Waals surface area contributed by atoms with E-state index in [9.17, 15) is 9.59 Å². The Kier molecular flexibility index (Phi) is 2.71. The van der Waals surface area contributed by atoms with Crippen molar-refractivity contribution in [1.29, 1.82) is 0 Å². The molecule has 0 spiro atoms. The molecule has 0 amide bonds. The molecule has 1 atom stereocenters. The molecule has 5 heteroatoms. The van der Waals surface area contributed by atoms with Gasteiger partial charge in [-0.05, 0) is 13.0 Å². The van der Waals surface area contributed by atoms with Crippen LogP contribution in [-0.2, 0) is 0 Å². The predicted molar refractivity (Wildman–Crippen MR) is 71.6 cm³/mol. The Morgan fingerprint density at radius 3 is 2.84 bits per heavy atom. The molecule has 1 aliphatic rings. The highest BCUT2D eigenvalue weighted by molar-refractivity contribution is 7.99. The Labute approximate surface area is 113 Å². The number of hydrogen-bond donors (Lipinski definition) is 1. The van der Waals surface area contributed by atoms with Crippen molar-refractivity contribution in [2.24, 2.45) is 0 Å². The van der Waals surface area contributed by atoms with Gasteiger partial charge in [0.2, 0.25) is 5.76 Å². The summed E-state index contributed by atoms with van der Waals surface area (Å²) >= 11 is 1.58. The standard InChI is InChI=1S/C14H10O4S/c1-7-12-9(15)6-10(14(16)17)18-13(12)8-4-2-3-5-11(8)19-7/h2-7H,1H3,(H,16,17)/t7-/m1/s1. The molecule has 4 nitrogen and oxygen atoms in total. The van der Waals surface area contributed by atoms with Gasteiger partial charge in [0.25, 0.3) is 0 Å². The van der Waals surface area contributed by atoms with Crippen LogP contribution in [0.1, 0.15) is 28.3 Å². The van der Waals surface area contributed by atoms with Crippen LogP contribution in [-0.4, -0.2) is 11.1 Å². The minimum absolute atomic E-state index is 0.0519. The van der Waals surface area contributed by atoms with Crippen LogP contribution >= 0.6 is 11.8 Å². The molecule has 0 bridgehead atoms. The number of rotatable bonds is 1. The van der Waals surface area contributed by atoms with Gasteiger partial charge in [-0.3, -0.25) is 4.79 Å².